The van der Waals surface area contributed by atoms with Crippen LogP contribution in [0.4, 0.5) is 5.69 Å². The Morgan fingerprint density at radius 1 is 0.966 bits per heavy atom. The van der Waals surface area contributed by atoms with E-state index in [1.54, 1.807) is 12.4 Å². The predicted octanol–water partition coefficient (Wildman–Crippen LogP) is 3.28. The van der Waals surface area contributed by atoms with Crippen LogP contribution in [-0.4, -0.2) is 53.4 Å². The van der Waals surface area contributed by atoms with Gasteiger partial charge in [-0.05, 0) is 31.4 Å². The zero-order valence-electron chi connectivity index (χ0n) is 15.7. The molecule has 0 atom stereocenters. The van der Waals surface area contributed by atoms with Crippen molar-refractivity contribution in [1.29, 1.82) is 0 Å². The molecule has 144 valence electrons. The molecule has 0 spiro atoms. The van der Waals surface area contributed by atoms with Gasteiger partial charge in [-0.15, -0.1) is 0 Å². The van der Waals surface area contributed by atoms with Crippen LogP contribution in [-0.2, 0) is 0 Å². The van der Waals surface area contributed by atoms with E-state index in [1.165, 1.54) is 19.3 Å². The fourth-order valence-corrected chi connectivity index (χ4v) is 4.06. The van der Waals surface area contributed by atoms with Crippen LogP contribution >= 0.6 is 0 Å². The van der Waals surface area contributed by atoms with Crippen molar-refractivity contribution in [2.75, 3.05) is 18.0 Å². The van der Waals surface area contributed by atoms with Gasteiger partial charge in [0, 0.05) is 42.8 Å². The second-order valence-electron chi connectivity index (χ2n) is 7.34. The zero-order valence-corrected chi connectivity index (χ0v) is 15.7. The van der Waals surface area contributed by atoms with Crippen LogP contribution in [0.15, 0.2) is 36.9 Å². The van der Waals surface area contributed by atoms with E-state index in [0.717, 1.165) is 46.5 Å². The monoisotopic (exact) mass is 385 g/mol. The summed E-state index contributed by atoms with van der Waals surface area (Å²) >= 11 is 0. The molecule has 5 aromatic rings. The Labute approximate surface area is 165 Å². The Bertz CT molecular complexity index is 1290. The second kappa shape index (κ2) is 6.40. The van der Waals surface area contributed by atoms with E-state index in [1.807, 2.05) is 12.4 Å². The molecule has 9 nitrogen and oxygen atoms in total. The van der Waals surface area contributed by atoms with Gasteiger partial charge in [0.15, 0.2) is 17.1 Å². The molecule has 1 aliphatic heterocycles. The first-order valence-electron chi connectivity index (χ1n) is 9.80. The summed E-state index contributed by atoms with van der Waals surface area (Å²) in [7, 11) is 0. The normalized spacial score (nSPS) is 14.8. The summed E-state index contributed by atoms with van der Waals surface area (Å²) in [5, 5.41) is 15.2. The van der Waals surface area contributed by atoms with Crippen molar-refractivity contribution in [3.05, 3.63) is 36.9 Å². The average molecular weight is 385 g/mol. The van der Waals surface area contributed by atoms with Gasteiger partial charge in [-0.3, -0.25) is 10.2 Å². The molecule has 0 aliphatic carbocycles. The quantitative estimate of drug-likeness (QED) is 0.439. The molecule has 5 aromatic heterocycles. The minimum Gasteiger partial charge on any atom is -0.370 e. The maximum atomic E-state index is 4.74. The molecule has 0 bridgehead atoms. The number of imidazole rings is 1. The lowest BCUT2D eigenvalue weighted by Gasteiger charge is -2.28. The first-order chi connectivity index (χ1) is 14.4. The summed E-state index contributed by atoms with van der Waals surface area (Å²) in [6, 6.07) is 4.12. The highest BCUT2D eigenvalue weighted by Gasteiger charge is 2.19. The molecular formula is C20H19N9. The molecule has 1 fully saturated rings. The highest BCUT2D eigenvalue weighted by Crippen LogP contribution is 2.31. The number of hydrogen-bond acceptors (Lipinski definition) is 6. The zero-order chi connectivity index (χ0) is 19.2. The molecule has 3 N–H and O–H groups in total. The highest BCUT2D eigenvalue weighted by molar-refractivity contribution is 5.95. The van der Waals surface area contributed by atoms with E-state index in [-0.39, 0.29) is 0 Å². The Morgan fingerprint density at radius 2 is 1.90 bits per heavy atom. The minimum atomic E-state index is 0.650. The summed E-state index contributed by atoms with van der Waals surface area (Å²) in [4.78, 5) is 19.6. The highest BCUT2D eigenvalue weighted by atomic mass is 15.2. The van der Waals surface area contributed by atoms with Gasteiger partial charge < -0.3 is 9.88 Å². The SMILES string of the molecule is c1cc(N2CCCCC2)c2[nH]c(-c3[nH]nc4ncc(-c5cn[nH]c5)cc34)nc2n1. The number of anilines is 1. The third-order valence-corrected chi connectivity index (χ3v) is 5.54. The van der Waals surface area contributed by atoms with Crippen molar-refractivity contribution in [3.8, 4) is 22.6 Å². The van der Waals surface area contributed by atoms with Crippen molar-refractivity contribution < 1.29 is 0 Å². The van der Waals surface area contributed by atoms with Gasteiger partial charge in [-0.25, -0.2) is 15.0 Å². The van der Waals surface area contributed by atoms with E-state index in [2.05, 4.69) is 52.4 Å². The van der Waals surface area contributed by atoms with Crippen LogP contribution in [0.1, 0.15) is 19.3 Å². The second-order valence-corrected chi connectivity index (χ2v) is 7.34. The maximum absolute atomic E-state index is 4.74. The van der Waals surface area contributed by atoms with Crippen molar-refractivity contribution >= 4 is 27.9 Å². The molecule has 6 heterocycles. The molecule has 1 aliphatic rings. The van der Waals surface area contributed by atoms with Crippen LogP contribution < -0.4 is 4.90 Å². The predicted molar refractivity (Wildman–Crippen MR) is 110 cm³/mol. The van der Waals surface area contributed by atoms with E-state index in [9.17, 15) is 0 Å². The summed E-state index contributed by atoms with van der Waals surface area (Å²) in [6.45, 7) is 2.14. The van der Waals surface area contributed by atoms with Crippen LogP contribution in [0, 0.1) is 0 Å². The average Bonchev–Trinajstić information content (AvgIpc) is 3.52. The lowest BCUT2D eigenvalue weighted by molar-refractivity contribution is 0.578. The Hall–Kier alpha value is -3.75. The summed E-state index contributed by atoms with van der Waals surface area (Å²) < 4.78 is 0. The molecule has 29 heavy (non-hydrogen) atoms. The van der Waals surface area contributed by atoms with Crippen molar-refractivity contribution in [2.24, 2.45) is 0 Å². The molecule has 9 heteroatoms. The standard InChI is InChI=1S/C20H19N9/c1-2-6-29(7-3-1)15-4-5-21-19-17(15)25-20(26-19)16-14-8-12(13-10-23-24-11-13)9-22-18(14)28-27-16/h4-5,8-11H,1-3,6-7H2,(H,23,24)(H,21,25,26)(H,22,27,28). The number of pyridine rings is 2. The molecule has 6 rings (SSSR count). The molecule has 0 unspecified atom stereocenters. The lowest BCUT2D eigenvalue weighted by atomic mass is 10.1. The van der Waals surface area contributed by atoms with Crippen LogP contribution in [0.3, 0.4) is 0 Å². The number of rotatable bonds is 3. The fraction of sp³-hybridized carbons (Fsp3) is 0.250. The first kappa shape index (κ1) is 16.2. The van der Waals surface area contributed by atoms with Gasteiger partial charge in [-0.2, -0.15) is 10.2 Å². The van der Waals surface area contributed by atoms with Crippen molar-refractivity contribution in [2.45, 2.75) is 19.3 Å². The van der Waals surface area contributed by atoms with Crippen molar-refractivity contribution in [1.82, 2.24) is 40.3 Å². The first-order valence-corrected chi connectivity index (χ1v) is 9.80. The van der Waals surface area contributed by atoms with Gasteiger partial charge in [0.1, 0.15) is 11.2 Å². The van der Waals surface area contributed by atoms with Crippen LogP contribution in [0.5, 0.6) is 0 Å². The number of piperidine rings is 1. The number of nitrogens with zero attached hydrogens (tertiary/aromatic N) is 6. The summed E-state index contributed by atoms with van der Waals surface area (Å²) in [6.07, 6.45) is 11.0. The Kier molecular flexibility index (Phi) is 3.58. The smallest absolute Gasteiger partial charge is 0.181 e. The van der Waals surface area contributed by atoms with Gasteiger partial charge in [0.25, 0.3) is 0 Å². The Morgan fingerprint density at radius 3 is 2.76 bits per heavy atom. The largest absolute Gasteiger partial charge is 0.370 e. The van der Waals surface area contributed by atoms with Gasteiger partial charge in [0.05, 0.1) is 17.3 Å². The number of hydrogen-bond donors (Lipinski definition) is 3. The van der Waals surface area contributed by atoms with E-state index in [0.29, 0.717) is 17.1 Å². The fourth-order valence-electron chi connectivity index (χ4n) is 4.06. The molecule has 0 radical (unpaired) electrons. The Balaban J connectivity index is 1.48. The lowest BCUT2D eigenvalue weighted by Crippen LogP contribution is -2.29. The van der Waals surface area contributed by atoms with Crippen LogP contribution in [0.25, 0.3) is 44.8 Å². The van der Waals surface area contributed by atoms with Gasteiger partial charge >= 0.3 is 0 Å². The molecular weight excluding hydrogens is 366 g/mol. The molecule has 0 saturated carbocycles. The summed E-state index contributed by atoms with van der Waals surface area (Å²) in [5.41, 5.74) is 6.24. The van der Waals surface area contributed by atoms with E-state index >= 15 is 0 Å². The summed E-state index contributed by atoms with van der Waals surface area (Å²) in [5.74, 6) is 0.714. The number of H-pyrrole nitrogens is 3. The number of nitrogens with one attached hydrogen (secondary N) is 3. The van der Waals surface area contributed by atoms with Gasteiger partial charge in [-0.1, -0.05) is 0 Å². The van der Waals surface area contributed by atoms with E-state index in [4.69, 9.17) is 4.98 Å². The third-order valence-electron chi connectivity index (χ3n) is 5.54. The number of fused-ring (bicyclic) bond motifs is 2. The molecule has 0 aromatic carbocycles. The molecule has 0 amide bonds. The third kappa shape index (κ3) is 2.65. The minimum absolute atomic E-state index is 0.650. The topological polar surface area (TPSA) is 115 Å². The molecule has 1 saturated heterocycles. The van der Waals surface area contributed by atoms with Gasteiger partial charge in [0.2, 0.25) is 0 Å². The van der Waals surface area contributed by atoms with Crippen LogP contribution in [0.2, 0.25) is 0 Å². The number of aromatic nitrogens is 8. The number of aromatic amines is 3. The van der Waals surface area contributed by atoms with E-state index < -0.39 is 0 Å². The van der Waals surface area contributed by atoms with Crippen molar-refractivity contribution in [3.63, 3.8) is 0 Å². The maximum Gasteiger partial charge on any atom is 0.181 e.